The first-order valence-corrected chi connectivity index (χ1v) is 6.14. The van der Waals surface area contributed by atoms with Gasteiger partial charge in [-0.05, 0) is 19.1 Å². The molecule has 0 N–H and O–H groups in total. The minimum Gasteiger partial charge on any atom is -0.309 e. The van der Waals surface area contributed by atoms with Gasteiger partial charge in [-0.1, -0.05) is 18.2 Å². The van der Waals surface area contributed by atoms with Gasteiger partial charge in [0.05, 0.1) is 17.9 Å². The average Bonchev–Trinajstić information content (AvgIpc) is 2.54. The lowest BCUT2D eigenvalue weighted by Crippen LogP contribution is -2.22. The van der Waals surface area contributed by atoms with Crippen molar-refractivity contribution in [1.82, 2.24) is 9.97 Å². The second-order valence-electron chi connectivity index (χ2n) is 4.25. The van der Waals surface area contributed by atoms with Crippen molar-refractivity contribution in [3.63, 3.8) is 0 Å². The predicted octanol–water partition coefficient (Wildman–Crippen LogP) is 1.69. The molecule has 102 valence electrons. The highest BCUT2D eigenvalue weighted by Gasteiger charge is 2.14. The molecule has 1 heterocycles. The quantitative estimate of drug-likeness (QED) is 0.793. The smallest absolute Gasteiger partial charge is 0.214 e. The molecular weight excluding hydrogens is 266 g/mol. The number of nitriles is 2. The van der Waals surface area contributed by atoms with E-state index in [1.165, 1.54) is 4.90 Å². The maximum Gasteiger partial charge on any atom is 0.214 e. The standard InChI is InChI=1S/C15H11N5O/c1-11-15(19-14(8-17)13(7-16)18-11)9-20(10-21)12-5-3-2-4-6-12/h2-6,10H,9H2,1H3. The first-order valence-electron chi connectivity index (χ1n) is 6.14. The number of para-hydroxylation sites is 1. The number of aromatic nitrogens is 2. The number of hydrogen-bond donors (Lipinski definition) is 0. The zero-order chi connectivity index (χ0) is 15.2. The normalized spacial score (nSPS) is 9.48. The van der Waals surface area contributed by atoms with E-state index in [9.17, 15) is 4.79 Å². The summed E-state index contributed by atoms with van der Waals surface area (Å²) >= 11 is 0. The van der Waals surface area contributed by atoms with Crippen molar-refractivity contribution in [2.45, 2.75) is 13.5 Å². The molecule has 1 aromatic carbocycles. The minimum absolute atomic E-state index is 0.00360. The van der Waals surface area contributed by atoms with Crippen molar-refractivity contribution < 1.29 is 4.79 Å². The fraction of sp³-hybridized carbons (Fsp3) is 0.133. The number of hydrogen-bond acceptors (Lipinski definition) is 5. The molecule has 6 heteroatoms. The van der Waals surface area contributed by atoms with Gasteiger partial charge in [0.1, 0.15) is 12.1 Å². The second kappa shape index (κ2) is 6.27. The predicted molar refractivity (Wildman–Crippen MR) is 74.9 cm³/mol. The summed E-state index contributed by atoms with van der Waals surface area (Å²) in [6.45, 7) is 1.88. The highest BCUT2D eigenvalue weighted by molar-refractivity contribution is 5.74. The van der Waals surface area contributed by atoms with E-state index in [-0.39, 0.29) is 17.9 Å². The summed E-state index contributed by atoms with van der Waals surface area (Å²) in [5.41, 5.74) is 1.69. The number of amides is 1. The van der Waals surface area contributed by atoms with Crippen LogP contribution >= 0.6 is 0 Å². The van der Waals surface area contributed by atoms with Gasteiger partial charge in [-0.3, -0.25) is 4.79 Å². The Hall–Kier alpha value is -3.25. The zero-order valence-electron chi connectivity index (χ0n) is 11.3. The van der Waals surface area contributed by atoms with Crippen LogP contribution in [0.4, 0.5) is 5.69 Å². The number of rotatable bonds is 4. The average molecular weight is 277 g/mol. The molecule has 0 atom stereocenters. The molecule has 0 aliphatic rings. The number of aryl methyl sites for hydroxylation is 1. The van der Waals surface area contributed by atoms with Crippen LogP contribution < -0.4 is 4.90 Å². The SMILES string of the molecule is Cc1nc(C#N)c(C#N)nc1CN(C=O)c1ccccc1. The lowest BCUT2D eigenvalue weighted by atomic mass is 10.2. The van der Waals surface area contributed by atoms with Crippen molar-refractivity contribution in [1.29, 1.82) is 10.5 Å². The van der Waals surface area contributed by atoms with Crippen LogP contribution in [0.1, 0.15) is 22.8 Å². The Morgan fingerprint density at radius 3 is 2.33 bits per heavy atom. The van der Waals surface area contributed by atoms with E-state index in [2.05, 4.69) is 9.97 Å². The van der Waals surface area contributed by atoms with Gasteiger partial charge < -0.3 is 4.90 Å². The fourth-order valence-electron chi connectivity index (χ4n) is 1.83. The van der Waals surface area contributed by atoms with Crippen LogP contribution in [0.2, 0.25) is 0 Å². The summed E-state index contributed by atoms with van der Waals surface area (Å²) in [6.07, 6.45) is 0.695. The fourth-order valence-corrected chi connectivity index (χ4v) is 1.83. The highest BCUT2D eigenvalue weighted by atomic mass is 16.1. The molecule has 0 aliphatic heterocycles. The van der Waals surface area contributed by atoms with Crippen LogP contribution in [0.3, 0.4) is 0 Å². The molecule has 0 radical (unpaired) electrons. The van der Waals surface area contributed by atoms with Crippen molar-refractivity contribution in [3.8, 4) is 12.1 Å². The minimum atomic E-state index is -0.0305. The molecule has 0 saturated carbocycles. The molecule has 2 aromatic rings. The Bertz CT molecular complexity index is 743. The summed E-state index contributed by atoms with van der Waals surface area (Å²) in [7, 11) is 0. The molecule has 2 rings (SSSR count). The topological polar surface area (TPSA) is 93.7 Å². The summed E-state index contributed by atoms with van der Waals surface area (Å²) < 4.78 is 0. The van der Waals surface area contributed by atoms with Crippen LogP contribution in [-0.4, -0.2) is 16.4 Å². The first-order chi connectivity index (χ1) is 10.2. The summed E-state index contributed by atoms with van der Waals surface area (Å²) in [5.74, 6) is 0. The van der Waals surface area contributed by atoms with E-state index in [1.54, 1.807) is 19.1 Å². The Morgan fingerprint density at radius 2 is 1.76 bits per heavy atom. The summed E-state index contributed by atoms with van der Waals surface area (Å²) in [6, 6.07) is 12.8. The van der Waals surface area contributed by atoms with Crippen molar-refractivity contribution in [3.05, 3.63) is 53.1 Å². The summed E-state index contributed by atoms with van der Waals surface area (Å²) in [5, 5.41) is 17.9. The molecule has 6 nitrogen and oxygen atoms in total. The van der Waals surface area contributed by atoms with Gasteiger partial charge in [0.25, 0.3) is 0 Å². The maximum atomic E-state index is 11.3. The van der Waals surface area contributed by atoms with Crippen LogP contribution in [0.25, 0.3) is 0 Å². The third-order valence-corrected chi connectivity index (χ3v) is 2.92. The van der Waals surface area contributed by atoms with E-state index in [0.29, 0.717) is 17.8 Å². The van der Waals surface area contributed by atoms with Gasteiger partial charge in [0.2, 0.25) is 6.41 Å². The van der Waals surface area contributed by atoms with Gasteiger partial charge in [-0.25, -0.2) is 9.97 Å². The number of nitrogens with zero attached hydrogens (tertiary/aromatic N) is 5. The Labute approximate surface area is 121 Å². The molecule has 1 aromatic heterocycles. The van der Waals surface area contributed by atoms with E-state index in [0.717, 1.165) is 5.69 Å². The third-order valence-electron chi connectivity index (χ3n) is 2.92. The van der Waals surface area contributed by atoms with Gasteiger partial charge in [-0.2, -0.15) is 10.5 Å². The zero-order valence-corrected chi connectivity index (χ0v) is 11.3. The Balaban J connectivity index is 2.37. The summed E-state index contributed by atoms with van der Waals surface area (Å²) in [4.78, 5) is 20.9. The third kappa shape index (κ3) is 3.02. The maximum absolute atomic E-state index is 11.3. The largest absolute Gasteiger partial charge is 0.309 e. The molecule has 1 amide bonds. The van der Waals surface area contributed by atoms with Crippen LogP contribution in [-0.2, 0) is 11.3 Å². The monoisotopic (exact) mass is 277 g/mol. The Morgan fingerprint density at radius 1 is 1.14 bits per heavy atom. The highest BCUT2D eigenvalue weighted by Crippen LogP contribution is 2.16. The van der Waals surface area contributed by atoms with Gasteiger partial charge >= 0.3 is 0 Å². The molecule has 0 unspecified atom stereocenters. The van der Waals surface area contributed by atoms with Crippen LogP contribution in [0.5, 0.6) is 0 Å². The lowest BCUT2D eigenvalue weighted by Gasteiger charge is -2.17. The number of carbonyl (C=O) groups is 1. The Kier molecular flexibility index (Phi) is 4.23. The molecule has 0 fully saturated rings. The van der Waals surface area contributed by atoms with Gasteiger partial charge in [-0.15, -0.1) is 0 Å². The van der Waals surface area contributed by atoms with Gasteiger partial charge in [0, 0.05) is 5.69 Å². The molecular formula is C15H11N5O. The van der Waals surface area contributed by atoms with Crippen LogP contribution in [0.15, 0.2) is 30.3 Å². The number of carbonyl (C=O) groups excluding carboxylic acids is 1. The first kappa shape index (κ1) is 14.2. The molecule has 0 bridgehead atoms. The lowest BCUT2D eigenvalue weighted by molar-refractivity contribution is -0.107. The number of anilines is 1. The van der Waals surface area contributed by atoms with E-state index in [4.69, 9.17) is 10.5 Å². The molecule has 0 spiro atoms. The van der Waals surface area contributed by atoms with E-state index < -0.39 is 0 Å². The number of benzene rings is 1. The molecule has 21 heavy (non-hydrogen) atoms. The van der Waals surface area contributed by atoms with E-state index >= 15 is 0 Å². The van der Waals surface area contributed by atoms with Crippen molar-refractivity contribution >= 4 is 12.1 Å². The van der Waals surface area contributed by atoms with Crippen LogP contribution in [0, 0.1) is 29.6 Å². The van der Waals surface area contributed by atoms with Gasteiger partial charge in [0.15, 0.2) is 11.4 Å². The van der Waals surface area contributed by atoms with Crippen molar-refractivity contribution in [2.75, 3.05) is 4.90 Å². The second-order valence-corrected chi connectivity index (χ2v) is 4.25. The van der Waals surface area contributed by atoms with E-state index in [1.807, 2.05) is 30.3 Å². The molecule has 0 saturated heterocycles. The van der Waals surface area contributed by atoms with Crippen molar-refractivity contribution in [2.24, 2.45) is 0 Å². The molecule has 0 aliphatic carbocycles.